The van der Waals surface area contributed by atoms with E-state index in [2.05, 4.69) is 0 Å². The minimum atomic E-state index is -0.467. The molecule has 112 valence electrons. The van der Waals surface area contributed by atoms with E-state index >= 15 is 0 Å². The molecule has 0 saturated heterocycles. The molecule has 0 spiro atoms. The fourth-order valence-corrected chi connectivity index (χ4v) is 1.09. The summed E-state index contributed by atoms with van der Waals surface area (Å²) in [6, 6.07) is 0. The van der Waals surface area contributed by atoms with Gasteiger partial charge in [-0.1, -0.05) is 13.8 Å². The molecular formula is C14H27NO4. The Morgan fingerprint density at radius 1 is 1.05 bits per heavy atom. The van der Waals surface area contributed by atoms with Gasteiger partial charge in [0.15, 0.2) is 0 Å². The number of carbonyl (C=O) groups excluding carboxylic acids is 2. The van der Waals surface area contributed by atoms with Crippen LogP contribution >= 0.6 is 0 Å². The first-order valence-electron chi connectivity index (χ1n) is 6.67. The molecule has 0 radical (unpaired) electrons. The number of esters is 2. The van der Waals surface area contributed by atoms with Crippen LogP contribution in [-0.4, -0.2) is 50.2 Å². The average Bonchev–Trinajstić information content (AvgIpc) is 2.27. The van der Waals surface area contributed by atoms with Gasteiger partial charge in [-0.25, -0.2) is 0 Å². The van der Waals surface area contributed by atoms with Gasteiger partial charge in [-0.15, -0.1) is 0 Å². The lowest BCUT2D eigenvalue weighted by Gasteiger charge is -2.20. The van der Waals surface area contributed by atoms with Crippen LogP contribution in [0.15, 0.2) is 0 Å². The summed E-state index contributed by atoms with van der Waals surface area (Å²) in [5, 5.41) is 0. The molecular weight excluding hydrogens is 246 g/mol. The topological polar surface area (TPSA) is 55.8 Å². The van der Waals surface area contributed by atoms with Gasteiger partial charge in [0.1, 0.15) is 13.2 Å². The Hall–Kier alpha value is -1.10. The van der Waals surface area contributed by atoms with Crippen molar-refractivity contribution in [3.63, 3.8) is 0 Å². The lowest BCUT2D eigenvalue weighted by atomic mass is 9.97. The second kappa shape index (κ2) is 8.15. The van der Waals surface area contributed by atoms with Gasteiger partial charge in [0.2, 0.25) is 0 Å². The Morgan fingerprint density at radius 3 is 1.95 bits per heavy atom. The normalized spacial score (nSPS) is 11.8. The molecule has 19 heavy (non-hydrogen) atoms. The quantitative estimate of drug-likeness (QED) is 0.661. The third-order valence-corrected chi connectivity index (χ3v) is 2.51. The van der Waals surface area contributed by atoms with Gasteiger partial charge in [-0.05, 0) is 27.8 Å². The summed E-state index contributed by atoms with van der Waals surface area (Å²) in [4.78, 5) is 24.7. The Bertz CT molecular complexity index is 294. The van der Waals surface area contributed by atoms with E-state index in [9.17, 15) is 9.59 Å². The molecule has 0 saturated carbocycles. The van der Waals surface area contributed by atoms with Crippen LogP contribution < -0.4 is 0 Å². The molecule has 0 heterocycles. The number of nitrogens with zero attached hydrogens (tertiary/aromatic N) is 1. The smallest absolute Gasteiger partial charge is 0.311 e. The summed E-state index contributed by atoms with van der Waals surface area (Å²) >= 11 is 0. The standard InChI is InChI=1S/C14H27NO4/c1-11(2)12(16)18-9-7-15(6)8-10-19-13(17)14(3,4)5/h11H,7-10H2,1-6H3. The molecule has 0 rings (SSSR count). The van der Waals surface area contributed by atoms with Gasteiger partial charge in [0.25, 0.3) is 0 Å². The van der Waals surface area contributed by atoms with Crippen molar-refractivity contribution >= 4 is 11.9 Å². The van der Waals surface area contributed by atoms with Gasteiger partial charge in [-0.3, -0.25) is 14.5 Å². The molecule has 0 unspecified atom stereocenters. The number of likely N-dealkylation sites (N-methyl/N-ethyl adjacent to an activating group) is 1. The number of ether oxygens (including phenoxy) is 2. The van der Waals surface area contributed by atoms with Crippen molar-refractivity contribution in [3.05, 3.63) is 0 Å². The predicted molar refractivity (Wildman–Crippen MR) is 73.7 cm³/mol. The van der Waals surface area contributed by atoms with Crippen molar-refractivity contribution in [3.8, 4) is 0 Å². The molecule has 0 aliphatic rings. The highest BCUT2D eigenvalue weighted by Gasteiger charge is 2.22. The molecule has 0 aliphatic heterocycles. The van der Waals surface area contributed by atoms with Crippen LogP contribution in [0.3, 0.4) is 0 Å². The zero-order chi connectivity index (χ0) is 15.1. The first-order chi connectivity index (χ1) is 8.64. The van der Waals surface area contributed by atoms with Crippen LogP contribution in [0.1, 0.15) is 34.6 Å². The molecule has 0 fully saturated rings. The van der Waals surface area contributed by atoms with Crippen molar-refractivity contribution in [1.29, 1.82) is 0 Å². The molecule has 0 bridgehead atoms. The van der Waals surface area contributed by atoms with Crippen LogP contribution in [0.2, 0.25) is 0 Å². The maximum absolute atomic E-state index is 11.5. The van der Waals surface area contributed by atoms with E-state index in [0.29, 0.717) is 26.3 Å². The minimum absolute atomic E-state index is 0.0990. The van der Waals surface area contributed by atoms with Gasteiger partial charge in [-0.2, -0.15) is 0 Å². The minimum Gasteiger partial charge on any atom is -0.464 e. The van der Waals surface area contributed by atoms with Crippen LogP contribution in [-0.2, 0) is 19.1 Å². The Labute approximate surface area is 116 Å². The zero-order valence-electron chi connectivity index (χ0n) is 13.0. The second-order valence-corrected chi connectivity index (χ2v) is 6.01. The van der Waals surface area contributed by atoms with Crippen LogP contribution in [0, 0.1) is 11.3 Å². The monoisotopic (exact) mass is 273 g/mol. The second-order valence-electron chi connectivity index (χ2n) is 6.01. The molecule has 0 aliphatic carbocycles. The fraction of sp³-hybridized carbons (Fsp3) is 0.857. The van der Waals surface area contributed by atoms with Crippen molar-refractivity contribution in [2.45, 2.75) is 34.6 Å². The highest BCUT2D eigenvalue weighted by molar-refractivity contribution is 5.75. The van der Waals surface area contributed by atoms with Gasteiger partial charge >= 0.3 is 11.9 Å². The Balaban J connectivity index is 3.69. The average molecular weight is 273 g/mol. The number of rotatable bonds is 7. The summed E-state index contributed by atoms with van der Waals surface area (Å²) in [6.07, 6.45) is 0. The molecule has 5 nitrogen and oxygen atoms in total. The molecule has 0 aromatic rings. The van der Waals surface area contributed by atoms with Crippen molar-refractivity contribution in [2.24, 2.45) is 11.3 Å². The van der Waals surface area contributed by atoms with Crippen molar-refractivity contribution in [2.75, 3.05) is 33.4 Å². The highest BCUT2D eigenvalue weighted by Crippen LogP contribution is 2.14. The largest absolute Gasteiger partial charge is 0.464 e. The van der Waals surface area contributed by atoms with Crippen molar-refractivity contribution in [1.82, 2.24) is 4.90 Å². The SMILES string of the molecule is CC(C)C(=O)OCCN(C)CCOC(=O)C(C)(C)C. The summed E-state index contributed by atoms with van der Waals surface area (Å²) in [6.45, 7) is 11.0. The number of hydrogen-bond donors (Lipinski definition) is 0. The lowest BCUT2D eigenvalue weighted by molar-refractivity contribution is -0.153. The van der Waals surface area contributed by atoms with E-state index in [1.807, 2.05) is 32.7 Å². The van der Waals surface area contributed by atoms with Gasteiger partial charge < -0.3 is 9.47 Å². The summed E-state index contributed by atoms with van der Waals surface area (Å²) in [7, 11) is 1.90. The lowest BCUT2D eigenvalue weighted by Crippen LogP contribution is -2.31. The Morgan fingerprint density at radius 2 is 1.53 bits per heavy atom. The van der Waals surface area contributed by atoms with E-state index in [1.54, 1.807) is 13.8 Å². The van der Waals surface area contributed by atoms with Crippen molar-refractivity contribution < 1.29 is 19.1 Å². The number of hydrogen-bond acceptors (Lipinski definition) is 5. The molecule has 0 N–H and O–H groups in total. The molecule has 0 atom stereocenters. The molecule has 0 aromatic heterocycles. The fourth-order valence-electron chi connectivity index (χ4n) is 1.09. The van der Waals surface area contributed by atoms with E-state index in [4.69, 9.17) is 9.47 Å². The summed E-state index contributed by atoms with van der Waals surface area (Å²) in [5.74, 6) is -0.488. The van der Waals surface area contributed by atoms with E-state index in [-0.39, 0.29) is 17.9 Å². The molecule has 0 amide bonds. The third kappa shape index (κ3) is 8.59. The van der Waals surface area contributed by atoms with Crippen LogP contribution in [0.5, 0.6) is 0 Å². The van der Waals surface area contributed by atoms with E-state index in [1.165, 1.54) is 0 Å². The van der Waals surface area contributed by atoms with Crippen LogP contribution in [0.4, 0.5) is 0 Å². The summed E-state index contributed by atoms with van der Waals surface area (Å²) < 4.78 is 10.2. The highest BCUT2D eigenvalue weighted by atomic mass is 16.5. The van der Waals surface area contributed by atoms with Crippen LogP contribution in [0.25, 0.3) is 0 Å². The zero-order valence-corrected chi connectivity index (χ0v) is 13.0. The first-order valence-corrected chi connectivity index (χ1v) is 6.67. The maximum Gasteiger partial charge on any atom is 0.311 e. The maximum atomic E-state index is 11.5. The summed E-state index contributed by atoms with van der Waals surface area (Å²) in [5.41, 5.74) is -0.467. The molecule has 0 aromatic carbocycles. The van der Waals surface area contributed by atoms with E-state index in [0.717, 1.165) is 0 Å². The predicted octanol–water partition coefficient (Wildman–Crippen LogP) is 1.71. The third-order valence-electron chi connectivity index (χ3n) is 2.51. The van der Waals surface area contributed by atoms with Gasteiger partial charge in [0, 0.05) is 13.1 Å². The number of carbonyl (C=O) groups is 2. The Kier molecular flexibility index (Phi) is 7.68. The first kappa shape index (κ1) is 17.9. The molecule has 5 heteroatoms. The van der Waals surface area contributed by atoms with Gasteiger partial charge in [0.05, 0.1) is 11.3 Å². The van der Waals surface area contributed by atoms with E-state index < -0.39 is 5.41 Å².